The molecule has 2 aliphatic heterocycles. The van der Waals surface area contributed by atoms with Gasteiger partial charge in [-0.3, -0.25) is 14.6 Å². The summed E-state index contributed by atoms with van der Waals surface area (Å²) in [5.74, 6) is 0.803. The van der Waals surface area contributed by atoms with Gasteiger partial charge < -0.3 is 4.74 Å². The van der Waals surface area contributed by atoms with Gasteiger partial charge in [0.2, 0.25) is 0 Å². The predicted octanol–water partition coefficient (Wildman–Crippen LogP) is 4.25. The summed E-state index contributed by atoms with van der Waals surface area (Å²) in [6.07, 6.45) is 1.77. The minimum absolute atomic E-state index is 0.0172. The van der Waals surface area contributed by atoms with Crippen LogP contribution in [0.1, 0.15) is 55.3 Å². The van der Waals surface area contributed by atoms with Crippen molar-refractivity contribution in [2.45, 2.75) is 50.5 Å². The maximum Gasteiger partial charge on any atom is 0.271 e. The van der Waals surface area contributed by atoms with E-state index in [1.807, 2.05) is 17.7 Å². The molecule has 0 unspecified atom stereocenters. The van der Waals surface area contributed by atoms with Crippen LogP contribution in [0.3, 0.4) is 0 Å². The summed E-state index contributed by atoms with van der Waals surface area (Å²) >= 11 is 3.35. The van der Waals surface area contributed by atoms with Gasteiger partial charge in [0.1, 0.15) is 0 Å². The summed E-state index contributed by atoms with van der Waals surface area (Å²) in [4.78, 5) is 18.6. The Kier molecular flexibility index (Phi) is 3.97. The predicted molar refractivity (Wildman–Crippen MR) is 99.9 cm³/mol. The molecule has 0 amide bonds. The van der Waals surface area contributed by atoms with Crippen LogP contribution in [0.2, 0.25) is 0 Å². The molecule has 1 fully saturated rings. The fraction of sp³-hybridized carbons (Fsp3) is 0.529. The molecule has 7 heteroatoms. The molecule has 2 aromatic rings. The second-order valence-electron chi connectivity index (χ2n) is 6.95. The zero-order chi connectivity index (χ0) is 16.9. The molecule has 4 rings (SSSR count). The number of thioether (sulfide) groups is 1. The molecule has 2 atom stereocenters. The van der Waals surface area contributed by atoms with Crippen LogP contribution in [0.15, 0.2) is 27.3 Å². The van der Waals surface area contributed by atoms with E-state index < -0.39 is 0 Å². The van der Waals surface area contributed by atoms with E-state index in [2.05, 4.69) is 30.4 Å². The monoisotopic (exact) mass is 363 g/mol. The van der Waals surface area contributed by atoms with E-state index in [0.717, 1.165) is 29.3 Å². The van der Waals surface area contributed by atoms with Gasteiger partial charge >= 0.3 is 0 Å². The number of hydrogen-bond donors (Lipinski definition) is 1. The molecule has 4 heterocycles. The zero-order valence-electron chi connectivity index (χ0n) is 14.0. The van der Waals surface area contributed by atoms with Crippen molar-refractivity contribution in [3.05, 3.63) is 38.3 Å². The van der Waals surface area contributed by atoms with Crippen molar-refractivity contribution in [1.82, 2.24) is 9.78 Å². The van der Waals surface area contributed by atoms with Gasteiger partial charge in [0.25, 0.3) is 5.56 Å². The average Bonchev–Trinajstić information content (AvgIpc) is 3.14. The van der Waals surface area contributed by atoms with Gasteiger partial charge in [0.15, 0.2) is 5.82 Å². The lowest BCUT2D eigenvalue weighted by Crippen LogP contribution is -2.35. The molecular formula is C17H21N3O2S2. The maximum atomic E-state index is 12.7. The number of hydrogen-bond acceptors (Lipinski definition) is 5. The van der Waals surface area contributed by atoms with E-state index in [9.17, 15) is 4.79 Å². The molecule has 1 saturated heterocycles. The minimum Gasteiger partial charge on any atom is -0.375 e. The molecule has 2 aromatic heterocycles. The van der Waals surface area contributed by atoms with Crippen molar-refractivity contribution < 1.29 is 4.74 Å². The first-order chi connectivity index (χ1) is 11.4. The van der Waals surface area contributed by atoms with Gasteiger partial charge in [-0.25, -0.2) is 4.99 Å². The van der Waals surface area contributed by atoms with Gasteiger partial charge in [-0.15, -0.1) is 11.3 Å². The van der Waals surface area contributed by atoms with E-state index in [1.165, 1.54) is 4.88 Å². The summed E-state index contributed by atoms with van der Waals surface area (Å²) in [5, 5.41) is 6.16. The lowest BCUT2D eigenvalue weighted by atomic mass is 9.94. The Balaban J connectivity index is 1.80. The normalized spacial score (nSPS) is 26.0. The number of nitrogens with one attached hydrogen (secondary N) is 1. The highest BCUT2D eigenvalue weighted by molar-refractivity contribution is 8.14. The van der Waals surface area contributed by atoms with Crippen molar-refractivity contribution in [2.24, 2.45) is 4.99 Å². The largest absolute Gasteiger partial charge is 0.375 e. The summed E-state index contributed by atoms with van der Waals surface area (Å²) in [5.41, 5.74) is 0.598. The zero-order valence-corrected chi connectivity index (χ0v) is 15.7. The number of aromatic amines is 1. The van der Waals surface area contributed by atoms with Gasteiger partial charge in [-0.05, 0) is 45.1 Å². The minimum atomic E-state index is -0.174. The van der Waals surface area contributed by atoms with Crippen LogP contribution < -0.4 is 5.56 Å². The maximum absolute atomic E-state index is 12.7. The Morgan fingerprint density at radius 3 is 3.00 bits per heavy atom. The number of fused-ring (bicyclic) bond motifs is 1. The van der Waals surface area contributed by atoms with E-state index in [1.54, 1.807) is 23.1 Å². The van der Waals surface area contributed by atoms with Crippen molar-refractivity contribution in [2.75, 3.05) is 6.61 Å². The SMILES string of the molecule is CC1=Nc2c(c(=O)[nH]n2[C@@H]2CCOC(C)(C)C2)[C@H](c2cccs2)S1. The van der Waals surface area contributed by atoms with Crippen molar-refractivity contribution >= 4 is 34.0 Å². The Morgan fingerprint density at radius 2 is 2.29 bits per heavy atom. The Labute approximate surface area is 149 Å². The number of nitrogens with zero attached hydrogens (tertiary/aromatic N) is 2. The van der Waals surface area contributed by atoms with Crippen molar-refractivity contribution in [3.8, 4) is 0 Å². The lowest BCUT2D eigenvalue weighted by molar-refractivity contribution is -0.0705. The second-order valence-corrected chi connectivity index (χ2v) is 9.22. The Hall–Kier alpha value is -1.31. The average molecular weight is 364 g/mol. The molecule has 0 spiro atoms. The number of H-pyrrole nitrogens is 1. The number of rotatable bonds is 2. The van der Waals surface area contributed by atoms with Gasteiger partial charge in [-0.2, -0.15) is 0 Å². The van der Waals surface area contributed by atoms with Crippen LogP contribution >= 0.6 is 23.1 Å². The lowest BCUT2D eigenvalue weighted by Gasteiger charge is -2.36. The number of aromatic nitrogens is 2. The van der Waals surface area contributed by atoms with Gasteiger partial charge in [0, 0.05) is 11.5 Å². The molecule has 0 aliphatic carbocycles. The first kappa shape index (κ1) is 16.2. The summed E-state index contributed by atoms with van der Waals surface area (Å²) in [6.45, 7) is 6.93. The number of ether oxygens (including phenoxy) is 1. The van der Waals surface area contributed by atoms with Gasteiger partial charge in [0.05, 0.1) is 27.5 Å². The first-order valence-corrected chi connectivity index (χ1v) is 9.94. The van der Waals surface area contributed by atoms with Gasteiger partial charge in [-0.1, -0.05) is 17.8 Å². The summed E-state index contributed by atoms with van der Waals surface area (Å²) < 4.78 is 7.82. The van der Waals surface area contributed by atoms with Crippen LogP contribution in [0.5, 0.6) is 0 Å². The number of thiophene rings is 1. The van der Waals surface area contributed by atoms with Crippen LogP contribution in [-0.2, 0) is 4.74 Å². The van der Waals surface area contributed by atoms with Crippen LogP contribution in [0, 0.1) is 0 Å². The highest BCUT2D eigenvalue weighted by atomic mass is 32.2. The molecular weight excluding hydrogens is 342 g/mol. The summed E-state index contributed by atoms with van der Waals surface area (Å²) in [7, 11) is 0. The molecule has 0 bridgehead atoms. The third-order valence-electron chi connectivity index (χ3n) is 4.59. The second kappa shape index (κ2) is 5.89. The topological polar surface area (TPSA) is 59.4 Å². The molecule has 0 aromatic carbocycles. The molecule has 2 aliphatic rings. The van der Waals surface area contributed by atoms with Crippen molar-refractivity contribution in [3.63, 3.8) is 0 Å². The van der Waals surface area contributed by atoms with E-state index in [0.29, 0.717) is 6.61 Å². The van der Waals surface area contributed by atoms with E-state index in [-0.39, 0.29) is 22.5 Å². The smallest absolute Gasteiger partial charge is 0.271 e. The Morgan fingerprint density at radius 1 is 1.46 bits per heavy atom. The highest BCUT2D eigenvalue weighted by Gasteiger charge is 2.35. The first-order valence-electron chi connectivity index (χ1n) is 8.18. The fourth-order valence-corrected chi connectivity index (χ4v) is 5.56. The van der Waals surface area contributed by atoms with E-state index in [4.69, 9.17) is 9.73 Å². The molecule has 1 N–H and O–H groups in total. The quantitative estimate of drug-likeness (QED) is 0.867. The third kappa shape index (κ3) is 2.78. The van der Waals surface area contributed by atoms with Crippen LogP contribution in [0.25, 0.3) is 0 Å². The summed E-state index contributed by atoms with van der Waals surface area (Å²) in [6, 6.07) is 4.35. The van der Waals surface area contributed by atoms with Crippen LogP contribution in [0.4, 0.5) is 5.82 Å². The third-order valence-corrected chi connectivity index (χ3v) is 6.83. The highest BCUT2D eigenvalue weighted by Crippen LogP contribution is 2.46. The molecule has 0 saturated carbocycles. The molecule has 24 heavy (non-hydrogen) atoms. The fourth-order valence-electron chi connectivity index (χ4n) is 3.53. The Bertz CT molecular complexity index is 833. The van der Waals surface area contributed by atoms with Crippen LogP contribution in [-0.4, -0.2) is 27.0 Å². The standard InChI is InChI=1S/C17H21N3O2S2/c1-10-18-15-13(14(24-10)12-5-4-8-23-12)16(21)19-20(15)11-6-7-22-17(2,3)9-11/h4-5,8,11,14H,6-7,9H2,1-3H3,(H,19,21)/t11-,14+/m1/s1. The van der Waals surface area contributed by atoms with Crippen molar-refractivity contribution in [1.29, 1.82) is 0 Å². The molecule has 128 valence electrons. The molecule has 0 radical (unpaired) electrons. The number of aliphatic imine (C=N–C) groups is 1. The molecule has 5 nitrogen and oxygen atoms in total. The van der Waals surface area contributed by atoms with E-state index >= 15 is 0 Å².